The lowest BCUT2D eigenvalue weighted by Crippen LogP contribution is -2.54. The fraction of sp³-hybridized carbons (Fsp3) is 0.490. The maximum Gasteiger partial charge on any atom is 0.312 e. The van der Waals surface area contributed by atoms with Crippen molar-refractivity contribution in [2.45, 2.75) is 118 Å². The van der Waals surface area contributed by atoms with Crippen LogP contribution in [0.5, 0.6) is 23.0 Å². The molecule has 6 N–H and O–H groups in total. The zero-order chi connectivity index (χ0) is 50.1. The molecule has 368 valence electrons. The third-order valence-corrected chi connectivity index (χ3v) is 13.9. The molecule has 3 aromatic carbocycles. The van der Waals surface area contributed by atoms with Crippen LogP contribution in [0.15, 0.2) is 65.5 Å². The molecule has 1 fully saturated rings. The number of aliphatic hydroxyl groups is 2. The number of hydrogen-bond acceptors (Lipinski definition) is 15. The molecule has 68 heavy (non-hydrogen) atoms. The Hall–Kier alpha value is -5.65. The van der Waals surface area contributed by atoms with E-state index in [-0.39, 0.29) is 56.6 Å². The van der Waals surface area contributed by atoms with Gasteiger partial charge < -0.3 is 49.8 Å². The number of nitrogens with zero attached hydrogens (tertiary/aromatic N) is 3. The first-order valence-corrected chi connectivity index (χ1v) is 23.3. The predicted molar refractivity (Wildman–Crippen MR) is 259 cm³/mol. The lowest BCUT2D eigenvalue weighted by molar-refractivity contribution is -0.160. The SMILES string of the molecule is CO[C@@H]1C=CO[C@@]2(C)Oc3c(C)c(O)c4c(O)c(c(C=NN5[C@H](C)CN(Cc6ccc(Cl)cc6)C[C@@H]5C)c(O)c4c3C2=O)NC(=O)C(C)=CC=C[C@H](C)[C@H](O)[C@H](C)[C@H](O)[C@H](C)[C@@H](OC(C)=O)[C@@H]1C. The number of piperazine rings is 1. The fourth-order valence-electron chi connectivity index (χ4n) is 9.63. The number of methoxy groups -OCH3 is 1. The van der Waals surface area contributed by atoms with Crippen molar-refractivity contribution in [2.75, 3.05) is 25.5 Å². The number of allylic oxidation sites excluding steroid dienone is 2. The molecule has 17 heteroatoms. The zero-order valence-electron chi connectivity index (χ0n) is 40.5. The first kappa shape index (κ1) is 51.7. The Bertz CT molecular complexity index is 2510. The highest BCUT2D eigenvalue weighted by Gasteiger charge is 2.50. The number of rotatable bonds is 6. The molecule has 0 saturated carbocycles. The molecule has 7 rings (SSSR count). The lowest BCUT2D eigenvalue weighted by Gasteiger charge is -2.42. The van der Waals surface area contributed by atoms with Crippen LogP contribution in [0, 0.1) is 30.6 Å². The molecule has 4 heterocycles. The Labute approximate surface area is 402 Å². The van der Waals surface area contributed by atoms with E-state index in [2.05, 4.69) is 10.2 Å². The number of esters is 1. The number of fused-ring (bicyclic) bond motifs is 14. The minimum atomic E-state index is -2.07. The smallest absolute Gasteiger partial charge is 0.312 e. The van der Waals surface area contributed by atoms with Crippen molar-refractivity contribution < 1.29 is 58.9 Å². The van der Waals surface area contributed by atoms with Crippen LogP contribution in [0.3, 0.4) is 0 Å². The normalized spacial score (nSPS) is 29.9. The van der Waals surface area contributed by atoms with E-state index >= 15 is 0 Å². The lowest BCUT2D eigenvalue weighted by atomic mass is 9.78. The number of amides is 1. The minimum absolute atomic E-state index is 0.0436. The van der Waals surface area contributed by atoms with Gasteiger partial charge in [-0.1, -0.05) is 69.7 Å². The maximum absolute atomic E-state index is 14.7. The maximum atomic E-state index is 14.7. The van der Waals surface area contributed by atoms with Gasteiger partial charge in [0.05, 0.1) is 65.1 Å². The van der Waals surface area contributed by atoms with Crippen LogP contribution >= 0.6 is 11.6 Å². The largest absolute Gasteiger partial charge is 0.507 e. The van der Waals surface area contributed by atoms with Crippen molar-refractivity contribution in [1.29, 1.82) is 0 Å². The van der Waals surface area contributed by atoms with Crippen LogP contribution in [0.4, 0.5) is 5.69 Å². The molecule has 4 aliphatic rings. The first-order valence-electron chi connectivity index (χ1n) is 22.9. The predicted octanol–water partition coefficient (Wildman–Crippen LogP) is 7.34. The summed E-state index contributed by atoms with van der Waals surface area (Å²) in [5.41, 5.74) is 0.664. The van der Waals surface area contributed by atoms with E-state index in [1.54, 1.807) is 39.8 Å². The second-order valence-corrected chi connectivity index (χ2v) is 19.2. The van der Waals surface area contributed by atoms with Crippen molar-refractivity contribution in [3.05, 3.63) is 87.7 Å². The number of ether oxygens (including phenoxy) is 4. The molecule has 5 bridgehead atoms. The molecule has 1 amide bonds. The summed E-state index contributed by atoms with van der Waals surface area (Å²) >= 11 is 6.12. The summed E-state index contributed by atoms with van der Waals surface area (Å²) in [5.74, 6) is -8.54. The number of anilines is 1. The Morgan fingerprint density at radius 1 is 0.926 bits per heavy atom. The van der Waals surface area contributed by atoms with Gasteiger partial charge >= 0.3 is 11.8 Å². The molecule has 3 aromatic rings. The van der Waals surface area contributed by atoms with Crippen molar-refractivity contribution in [3.63, 3.8) is 0 Å². The van der Waals surface area contributed by atoms with Gasteiger partial charge in [-0.05, 0) is 51.5 Å². The number of nitrogens with one attached hydrogen (secondary N) is 1. The standard InChI is InChI=1S/C51H65ClN4O12/c1-25-13-12-14-26(2)50(64)54-41-36(21-53-56-27(3)22-55(23-28(56)4)24-34-15-17-35(52)18-16-34)45(61)38-39(46(41)62)44(60)32(8)48-40(38)49(63)51(10,68-48)66-20-19-37(65-11)29(5)47(67-33(9)57)31(7)43(59)30(6)42(25)58/h12-21,25,27-31,37,42-43,47,58-62H,22-24H2,1-11H3,(H,54,64)/t25-,27-,28+,29+,30-,31-,37+,42-,43-,47-,51-/m0/s1. The van der Waals surface area contributed by atoms with E-state index in [0.29, 0.717) is 24.7 Å². The molecule has 0 aromatic heterocycles. The number of aromatic hydroxyl groups is 3. The molecule has 0 aliphatic carbocycles. The van der Waals surface area contributed by atoms with Crippen molar-refractivity contribution >= 4 is 51.9 Å². The van der Waals surface area contributed by atoms with Gasteiger partial charge in [-0.2, -0.15) is 5.10 Å². The van der Waals surface area contributed by atoms with E-state index < -0.39 is 88.8 Å². The second-order valence-electron chi connectivity index (χ2n) is 18.8. The highest BCUT2D eigenvalue weighted by atomic mass is 35.5. The zero-order valence-corrected chi connectivity index (χ0v) is 41.2. The quantitative estimate of drug-likeness (QED) is 0.0617. The fourth-order valence-corrected chi connectivity index (χ4v) is 9.75. The van der Waals surface area contributed by atoms with Crippen LogP contribution < -0.4 is 10.1 Å². The Morgan fingerprint density at radius 3 is 2.19 bits per heavy atom. The van der Waals surface area contributed by atoms with Crippen molar-refractivity contribution in [2.24, 2.45) is 28.8 Å². The summed E-state index contributed by atoms with van der Waals surface area (Å²) in [6, 6.07) is 7.40. The number of Topliss-reactive ketones (excluding diaryl/α,β-unsaturated/α-hetero) is 1. The topological polar surface area (TPSA) is 220 Å². The third kappa shape index (κ3) is 10.3. The summed E-state index contributed by atoms with van der Waals surface area (Å²) in [5, 5.41) is 68.8. The van der Waals surface area contributed by atoms with Gasteiger partial charge in [-0.3, -0.25) is 24.3 Å². The number of aliphatic hydroxyl groups excluding tert-OH is 2. The van der Waals surface area contributed by atoms with E-state index in [1.807, 2.05) is 43.1 Å². The summed E-state index contributed by atoms with van der Waals surface area (Å²) in [6.07, 6.45) is 4.83. The van der Waals surface area contributed by atoms with Crippen LogP contribution in [0.25, 0.3) is 10.8 Å². The van der Waals surface area contributed by atoms with Crippen LogP contribution in [-0.4, -0.2) is 122 Å². The van der Waals surface area contributed by atoms with Gasteiger partial charge in [-0.15, -0.1) is 0 Å². The first-order chi connectivity index (χ1) is 32.0. The number of ketones is 1. The Morgan fingerprint density at radius 2 is 1.57 bits per heavy atom. The third-order valence-electron chi connectivity index (χ3n) is 13.6. The monoisotopic (exact) mass is 960 g/mol. The molecule has 0 unspecified atom stereocenters. The molecule has 16 nitrogen and oxygen atoms in total. The molecule has 1 saturated heterocycles. The van der Waals surface area contributed by atoms with Crippen LogP contribution in [0.1, 0.15) is 89.4 Å². The van der Waals surface area contributed by atoms with E-state index in [0.717, 1.165) is 5.56 Å². The van der Waals surface area contributed by atoms with Gasteiger partial charge in [-0.25, -0.2) is 0 Å². The van der Waals surface area contributed by atoms with Crippen LogP contribution in [0.2, 0.25) is 5.02 Å². The average Bonchev–Trinajstić information content (AvgIpc) is 3.55. The van der Waals surface area contributed by atoms with E-state index in [9.17, 15) is 39.9 Å². The number of halogens is 1. The molecule has 0 radical (unpaired) electrons. The highest BCUT2D eigenvalue weighted by molar-refractivity contribution is 6.30. The second kappa shape index (κ2) is 20.9. The number of hydrogen-bond donors (Lipinski definition) is 6. The highest BCUT2D eigenvalue weighted by Crippen LogP contribution is 2.55. The number of phenols is 3. The Kier molecular flexibility index (Phi) is 15.9. The van der Waals surface area contributed by atoms with Gasteiger partial charge in [0.25, 0.3) is 11.7 Å². The average molecular weight is 962 g/mol. The summed E-state index contributed by atoms with van der Waals surface area (Å²) in [7, 11) is 1.44. The number of hydrazone groups is 1. The number of benzene rings is 3. The van der Waals surface area contributed by atoms with E-state index in [4.69, 9.17) is 35.6 Å². The van der Waals surface area contributed by atoms with Crippen LogP contribution in [-0.2, 0) is 30.3 Å². The Balaban J connectivity index is 1.48. The molecule has 11 atom stereocenters. The summed E-state index contributed by atoms with van der Waals surface area (Å²) < 4.78 is 23.8. The summed E-state index contributed by atoms with van der Waals surface area (Å²) in [6.45, 7) is 18.5. The molecular weight excluding hydrogens is 896 g/mol. The number of phenolic OH excluding ortho intramolecular Hbond substituents is 3. The van der Waals surface area contributed by atoms with Crippen molar-refractivity contribution in [3.8, 4) is 23.0 Å². The number of carbonyl (C=O) groups excluding carboxylic acids is 3. The van der Waals surface area contributed by atoms with E-state index in [1.165, 1.54) is 59.4 Å². The molecule has 0 spiro atoms. The molecule has 4 aliphatic heterocycles. The van der Waals surface area contributed by atoms with Gasteiger partial charge in [0, 0.05) is 85.8 Å². The van der Waals surface area contributed by atoms with Gasteiger partial charge in [0.15, 0.2) is 5.75 Å². The summed E-state index contributed by atoms with van der Waals surface area (Å²) in [4.78, 5) is 43.4. The van der Waals surface area contributed by atoms with Gasteiger partial charge in [0.2, 0.25) is 0 Å². The minimum Gasteiger partial charge on any atom is -0.507 e. The van der Waals surface area contributed by atoms with Gasteiger partial charge in [0.1, 0.15) is 23.4 Å². The van der Waals surface area contributed by atoms with Crippen molar-refractivity contribution in [1.82, 2.24) is 9.91 Å². The molecular formula is C51H65ClN4O12. The number of carbonyl (C=O) groups is 3.